The Kier molecular flexibility index (Phi) is 16.3. The molecule has 266 valence electrons. The molecule has 0 aromatic rings. The first-order valence-corrected chi connectivity index (χ1v) is 21.3. The summed E-state index contributed by atoms with van der Waals surface area (Å²) in [7, 11) is 0. The molecule has 0 saturated heterocycles. The molecule has 0 unspecified atom stereocenters. The molecule has 1 nitrogen and oxygen atoms in total. The van der Waals surface area contributed by atoms with Crippen molar-refractivity contribution in [3.63, 3.8) is 0 Å². The van der Waals surface area contributed by atoms with Crippen LogP contribution in [0.5, 0.6) is 0 Å². The first-order chi connectivity index (χ1) is 22.3. The van der Waals surface area contributed by atoms with Crippen LogP contribution in [0.1, 0.15) is 202 Å². The summed E-state index contributed by atoms with van der Waals surface area (Å²) in [6.45, 7) is 16.1. The third-order valence-electron chi connectivity index (χ3n) is 14.3. The zero-order valence-corrected chi connectivity index (χ0v) is 32.1. The van der Waals surface area contributed by atoms with Gasteiger partial charge < -0.3 is 4.74 Å². The molecule has 46 heavy (non-hydrogen) atoms. The van der Waals surface area contributed by atoms with E-state index in [0.29, 0.717) is 16.9 Å². The summed E-state index contributed by atoms with van der Waals surface area (Å²) < 4.78 is 6.55. The SMILES string of the molecule is CCCCCCCC/C=C\CCCCCCCCO[C@H]1CC[C@@]2(C)C(=CC[C@H]3[C@@H]4CC[C@H]([C@H](C)CCCC(C)C)[C@@]4(C)CC[C@@H]32)C1. The Labute approximate surface area is 289 Å². The number of unbranched alkanes of at least 4 members (excludes halogenated alkanes) is 12. The Morgan fingerprint density at radius 3 is 2.11 bits per heavy atom. The standard InChI is InChI=1S/C45H80O/c1-7-8-9-10-11-12-13-14-15-16-17-18-19-20-21-22-34-46-39-30-32-44(5)38(35-39)26-27-40-42-29-28-41(37(4)25-23-24-36(2)3)45(42,6)33-31-43(40)44/h14-15,26,36-37,39-43H,7-13,16-25,27-35H2,1-6H3/b15-14-/t37-,39+,40+,41-,42+,43+,44+,45-/m1/s1. The van der Waals surface area contributed by atoms with Crippen LogP contribution < -0.4 is 0 Å². The molecular weight excluding hydrogens is 556 g/mol. The maximum Gasteiger partial charge on any atom is 0.0612 e. The Hall–Kier alpha value is -0.560. The second-order valence-corrected chi connectivity index (χ2v) is 18.0. The van der Waals surface area contributed by atoms with Crippen molar-refractivity contribution in [3.05, 3.63) is 23.8 Å². The molecular formula is C45H80O. The fourth-order valence-electron chi connectivity index (χ4n) is 11.4. The van der Waals surface area contributed by atoms with Crippen molar-refractivity contribution in [3.8, 4) is 0 Å². The molecule has 0 spiro atoms. The van der Waals surface area contributed by atoms with Crippen molar-refractivity contribution in [2.45, 2.75) is 208 Å². The number of fused-ring (bicyclic) bond motifs is 5. The molecule has 4 aliphatic carbocycles. The van der Waals surface area contributed by atoms with Crippen molar-refractivity contribution < 1.29 is 4.74 Å². The van der Waals surface area contributed by atoms with Gasteiger partial charge in [0.2, 0.25) is 0 Å². The van der Waals surface area contributed by atoms with E-state index in [0.717, 1.165) is 42.1 Å². The Bertz CT molecular complexity index is 899. The molecule has 0 aromatic heterocycles. The molecule has 1 heteroatoms. The van der Waals surface area contributed by atoms with Crippen LogP contribution in [0.15, 0.2) is 23.8 Å². The normalized spacial score (nSPS) is 33.2. The molecule has 4 rings (SSSR count). The lowest BCUT2D eigenvalue weighted by molar-refractivity contribution is -0.0641. The Morgan fingerprint density at radius 1 is 0.739 bits per heavy atom. The van der Waals surface area contributed by atoms with Crippen LogP contribution in [0.3, 0.4) is 0 Å². The lowest BCUT2D eigenvalue weighted by Crippen LogP contribution is -2.51. The van der Waals surface area contributed by atoms with E-state index < -0.39 is 0 Å². The average molecular weight is 637 g/mol. The van der Waals surface area contributed by atoms with Gasteiger partial charge in [0.15, 0.2) is 0 Å². The predicted molar refractivity (Wildman–Crippen MR) is 202 cm³/mol. The molecule has 0 bridgehead atoms. The highest BCUT2D eigenvalue weighted by Crippen LogP contribution is 2.67. The lowest BCUT2D eigenvalue weighted by atomic mass is 9.47. The van der Waals surface area contributed by atoms with E-state index in [1.54, 1.807) is 5.57 Å². The van der Waals surface area contributed by atoms with Gasteiger partial charge in [-0.1, -0.05) is 142 Å². The van der Waals surface area contributed by atoms with E-state index >= 15 is 0 Å². The van der Waals surface area contributed by atoms with Gasteiger partial charge in [0.1, 0.15) is 0 Å². The van der Waals surface area contributed by atoms with Gasteiger partial charge >= 0.3 is 0 Å². The molecule has 0 aliphatic heterocycles. The van der Waals surface area contributed by atoms with Gasteiger partial charge in [-0.3, -0.25) is 0 Å². The van der Waals surface area contributed by atoms with Gasteiger partial charge in [-0.2, -0.15) is 0 Å². The highest BCUT2D eigenvalue weighted by molar-refractivity contribution is 5.25. The van der Waals surface area contributed by atoms with Crippen LogP contribution >= 0.6 is 0 Å². The zero-order chi connectivity index (χ0) is 32.8. The van der Waals surface area contributed by atoms with Crippen molar-refractivity contribution in [2.24, 2.45) is 46.3 Å². The third-order valence-corrected chi connectivity index (χ3v) is 14.3. The van der Waals surface area contributed by atoms with Crippen LogP contribution in [0.25, 0.3) is 0 Å². The minimum atomic E-state index is 0.453. The number of allylic oxidation sites excluding steroid dienone is 3. The molecule has 0 amide bonds. The number of hydrogen-bond donors (Lipinski definition) is 0. The molecule has 3 fully saturated rings. The quantitative estimate of drug-likeness (QED) is 0.0848. The minimum absolute atomic E-state index is 0.453. The van der Waals surface area contributed by atoms with E-state index in [1.165, 1.54) is 161 Å². The number of rotatable bonds is 22. The molecule has 0 heterocycles. The summed E-state index contributed by atoms with van der Waals surface area (Å²) in [5.74, 6) is 5.58. The largest absolute Gasteiger partial charge is 0.378 e. The van der Waals surface area contributed by atoms with Crippen LogP contribution in [0.2, 0.25) is 0 Å². The lowest BCUT2D eigenvalue weighted by Gasteiger charge is -2.58. The molecule has 0 aromatic carbocycles. The van der Waals surface area contributed by atoms with E-state index in [2.05, 4.69) is 59.8 Å². The average Bonchev–Trinajstić information content (AvgIpc) is 3.39. The van der Waals surface area contributed by atoms with E-state index in [-0.39, 0.29) is 0 Å². The third kappa shape index (κ3) is 10.5. The second-order valence-electron chi connectivity index (χ2n) is 18.0. The van der Waals surface area contributed by atoms with Crippen molar-refractivity contribution in [1.29, 1.82) is 0 Å². The van der Waals surface area contributed by atoms with Gasteiger partial charge in [-0.05, 0) is 130 Å². The smallest absolute Gasteiger partial charge is 0.0612 e. The van der Waals surface area contributed by atoms with Crippen LogP contribution in [0.4, 0.5) is 0 Å². The monoisotopic (exact) mass is 637 g/mol. The van der Waals surface area contributed by atoms with Crippen molar-refractivity contribution >= 4 is 0 Å². The Balaban J connectivity index is 1.09. The van der Waals surface area contributed by atoms with E-state index in [1.807, 2.05) is 0 Å². The van der Waals surface area contributed by atoms with Gasteiger partial charge in [0.05, 0.1) is 6.10 Å². The first-order valence-electron chi connectivity index (χ1n) is 21.3. The number of hydrogen-bond acceptors (Lipinski definition) is 1. The maximum atomic E-state index is 6.55. The molecule has 0 N–H and O–H groups in total. The van der Waals surface area contributed by atoms with Gasteiger partial charge in [-0.15, -0.1) is 0 Å². The number of ether oxygens (including phenoxy) is 1. The fourth-order valence-corrected chi connectivity index (χ4v) is 11.4. The summed E-state index contributed by atoms with van der Waals surface area (Å²) >= 11 is 0. The van der Waals surface area contributed by atoms with Crippen molar-refractivity contribution in [1.82, 2.24) is 0 Å². The van der Waals surface area contributed by atoms with Gasteiger partial charge in [0.25, 0.3) is 0 Å². The van der Waals surface area contributed by atoms with Crippen LogP contribution in [0, 0.1) is 46.3 Å². The van der Waals surface area contributed by atoms with E-state index in [9.17, 15) is 0 Å². The predicted octanol–water partition coefficient (Wildman–Crippen LogP) is 14.5. The van der Waals surface area contributed by atoms with Crippen molar-refractivity contribution in [2.75, 3.05) is 6.61 Å². The zero-order valence-electron chi connectivity index (χ0n) is 32.1. The molecule has 0 radical (unpaired) electrons. The molecule has 8 atom stereocenters. The maximum absolute atomic E-state index is 6.55. The van der Waals surface area contributed by atoms with Crippen LogP contribution in [-0.2, 0) is 4.74 Å². The van der Waals surface area contributed by atoms with E-state index in [4.69, 9.17) is 4.74 Å². The summed E-state index contributed by atoms with van der Waals surface area (Å²) in [5.41, 5.74) is 2.85. The molecule has 4 aliphatic rings. The second kappa shape index (κ2) is 19.6. The fraction of sp³-hybridized carbons (Fsp3) is 0.911. The summed E-state index contributed by atoms with van der Waals surface area (Å²) in [4.78, 5) is 0. The van der Waals surface area contributed by atoms with Gasteiger partial charge in [-0.25, -0.2) is 0 Å². The van der Waals surface area contributed by atoms with Crippen LogP contribution in [-0.4, -0.2) is 12.7 Å². The summed E-state index contributed by atoms with van der Waals surface area (Å²) in [5, 5.41) is 0. The Morgan fingerprint density at radius 2 is 1.41 bits per heavy atom. The first kappa shape index (κ1) is 38.2. The van der Waals surface area contributed by atoms with Gasteiger partial charge in [0, 0.05) is 6.61 Å². The summed E-state index contributed by atoms with van der Waals surface area (Å²) in [6.07, 6.45) is 42.9. The highest BCUT2D eigenvalue weighted by atomic mass is 16.5. The minimum Gasteiger partial charge on any atom is -0.378 e. The topological polar surface area (TPSA) is 9.23 Å². The highest BCUT2D eigenvalue weighted by Gasteiger charge is 2.59. The summed E-state index contributed by atoms with van der Waals surface area (Å²) in [6, 6.07) is 0. The molecule has 3 saturated carbocycles.